The highest BCUT2D eigenvalue weighted by Crippen LogP contribution is 2.06. The van der Waals surface area contributed by atoms with Crippen LogP contribution in [0.2, 0.25) is 0 Å². The summed E-state index contributed by atoms with van der Waals surface area (Å²) in [6.07, 6.45) is 0. The lowest BCUT2D eigenvalue weighted by Crippen LogP contribution is -2.48. The maximum Gasteiger partial charge on any atom is 0.338 e. The second-order valence-electron chi connectivity index (χ2n) is 4.18. The van der Waals surface area contributed by atoms with E-state index in [-0.39, 0.29) is 12.6 Å². The Balaban J connectivity index is 4.05. The molecule has 0 amide bonds. The van der Waals surface area contributed by atoms with Crippen molar-refractivity contribution in [2.24, 2.45) is 5.92 Å². The van der Waals surface area contributed by atoms with E-state index in [2.05, 4.69) is 23.9 Å². The van der Waals surface area contributed by atoms with Crippen molar-refractivity contribution in [1.82, 2.24) is 5.32 Å². The second kappa shape index (κ2) is 5.32. The number of esters is 1. The van der Waals surface area contributed by atoms with Gasteiger partial charge in [0.05, 0.1) is 7.11 Å². The van der Waals surface area contributed by atoms with E-state index in [9.17, 15) is 9.90 Å². The van der Waals surface area contributed by atoms with Crippen molar-refractivity contribution in [3.63, 3.8) is 0 Å². The highest BCUT2D eigenvalue weighted by molar-refractivity contribution is 5.78. The molecule has 0 spiro atoms. The summed E-state index contributed by atoms with van der Waals surface area (Å²) in [5.41, 5.74) is -1.45. The van der Waals surface area contributed by atoms with Gasteiger partial charge in [-0.1, -0.05) is 13.8 Å². The van der Waals surface area contributed by atoms with Crippen LogP contribution in [0.4, 0.5) is 0 Å². The summed E-state index contributed by atoms with van der Waals surface area (Å²) in [6, 6.07) is 0.256. The molecular weight excluding hydrogens is 182 g/mol. The van der Waals surface area contributed by atoms with E-state index in [1.54, 1.807) is 0 Å². The number of rotatable bonds is 5. The zero-order chi connectivity index (χ0) is 11.4. The largest absolute Gasteiger partial charge is 0.467 e. The number of carbonyl (C=O) groups excluding carboxylic acids is 1. The summed E-state index contributed by atoms with van der Waals surface area (Å²) in [6.45, 7) is 7.81. The van der Waals surface area contributed by atoms with Gasteiger partial charge in [0.15, 0.2) is 5.60 Å². The number of nitrogens with one attached hydrogen (secondary N) is 1. The first-order chi connectivity index (χ1) is 6.31. The summed E-state index contributed by atoms with van der Waals surface area (Å²) in [5.74, 6) is -0.149. The minimum Gasteiger partial charge on any atom is -0.467 e. The predicted octanol–water partition coefficient (Wildman–Crippen LogP) is 0.544. The van der Waals surface area contributed by atoms with Gasteiger partial charge >= 0.3 is 5.97 Å². The van der Waals surface area contributed by atoms with Gasteiger partial charge in [-0.25, -0.2) is 4.79 Å². The minimum atomic E-state index is -1.45. The van der Waals surface area contributed by atoms with Gasteiger partial charge in [-0.05, 0) is 19.8 Å². The van der Waals surface area contributed by atoms with Crippen molar-refractivity contribution in [1.29, 1.82) is 0 Å². The molecule has 14 heavy (non-hydrogen) atoms. The van der Waals surface area contributed by atoms with Crippen LogP contribution in [0, 0.1) is 5.92 Å². The van der Waals surface area contributed by atoms with E-state index >= 15 is 0 Å². The first-order valence-corrected chi connectivity index (χ1v) is 4.85. The van der Waals surface area contributed by atoms with Gasteiger partial charge in [-0.2, -0.15) is 0 Å². The van der Waals surface area contributed by atoms with Gasteiger partial charge in [-0.15, -0.1) is 0 Å². The van der Waals surface area contributed by atoms with Crippen LogP contribution in [0.1, 0.15) is 27.7 Å². The standard InChI is InChI=1S/C10H21NO3/c1-7(2)8(3)11-6-10(4,13)9(12)14-5/h7-8,11,13H,6H2,1-5H3. The molecule has 0 rings (SSSR count). The Morgan fingerprint density at radius 3 is 2.36 bits per heavy atom. The summed E-state index contributed by atoms with van der Waals surface area (Å²) in [5, 5.41) is 12.8. The van der Waals surface area contributed by atoms with Gasteiger partial charge in [0.25, 0.3) is 0 Å². The Kier molecular flexibility index (Phi) is 5.08. The molecule has 2 unspecified atom stereocenters. The lowest BCUT2D eigenvalue weighted by molar-refractivity contribution is -0.160. The maximum atomic E-state index is 11.1. The quantitative estimate of drug-likeness (QED) is 0.640. The van der Waals surface area contributed by atoms with Gasteiger partial charge in [0.2, 0.25) is 0 Å². The first-order valence-electron chi connectivity index (χ1n) is 4.85. The van der Waals surface area contributed by atoms with Crippen LogP contribution in [-0.4, -0.2) is 36.4 Å². The minimum absolute atomic E-state index is 0.207. The number of methoxy groups -OCH3 is 1. The van der Waals surface area contributed by atoms with Crippen molar-refractivity contribution in [3.05, 3.63) is 0 Å². The normalized spacial score (nSPS) is 17.6. The molecule has 0 aromatic carbocycles. The van der Waals surface area contributed by atoms with Crippen LogP contribution in [0.5, 0.6) is 0 Å². The van der Waals surface area contributed by atoms with Crippen molar-refractivity contribution in [2.75, 3.05) is 13.7 Å². The third-order valence-electron chi connectivity index (χ3n) is 2.39. The molecule has 0 aliphatic heterocycles. The van der Waals surface area contributed by atoms with Crippen molar-refractivity contribution in [3.8, 4) is 0 Å². The first kappa shape index (κ1) is 13.4. The molecule has 0 heterocycles. The van der Waals surface area contributed by atoms with Crippen molar-refractivity contribution >= 4 is 5.97 Å². The molecule has 0 bridgehead atoms. The van der Waals surface area contributed by atoms with E-state index in [1.165, 1.54) is 14.0 Å². The van der Waals surface area contributed by atoms with E-state index in [0.717, 1.165) is 0 Å². The average Bonchev–Trinajstić information content (AvgIpc) is 2.12. The molecule has 0 fully saturated rings. The summed E-state index contributed by atoms with van der Waals surface area (Å²) in [4.78, 5) is 11.1. The van der Waals surface area contributed by atoms with Crippen molar-refractivity contribution in [2.45, 2.75) is 39.3 Å². The Morgan fingerprint density at radius 1 is 1.50 bits per heavy atom. The molecule has 0 aliphatic rings. The topological polar surface area (TPSA) is 58.6 Å². The molecule has 0 aromatic rings. The zero-order valence-electron chi connectivity index (χ0n) is 9.63. The van der Waals surface area contributed by atoms with Gasteiger partial charge in [-0.3, -0.25) is 0 Å². The summed E-state index contributed by atoms with van der Waals surface area (Å²) >= 11 is 0. The van der Waals surface area contributed by atoms with Crippen LogP contribution in [0.25, 0.3) is 0 Å². The molecule has 0 aromatic heterocycles. The highest BCUT2D eigenvalue weighted by atomic mass is 16.5. The fourth-order valence-corrected chi connectivity index (χ4v) is 0.887. The molecular formula is C10H21NO3. The van der Waals surface area contributed by atoms with E-state index in [0.29, 0.717) is 5.92 Å². The number of carbonyl (C=O) groups is 1. The Hall–Kier alpha value is -0.610. The fraction of sp³-hybridized carbons (Fsp3) is 0.900. The summed E-state index contributed by atoms with van der Waals surface area (Å²) < 4.78 is 4.48. The average molecular weight is 203 g/mol. The Morgan fingerprint density at radius 2 is 2.00 bits per heavy atom. The smallest absolute Gasteiger partial charge is 0.338 e. The van der Waals surface area contributed by atoms with Gasteiger partial charge in [0.1, 0.15) is 0 Å². The van der Waals surface area contributed by atoms with Crippen LogP contribution in [-0.2, 0) is 9.53 Å². The lowest BCUT2D eigenvalue weighted by atomic mass is 10.0. The third kappa shape index (κ3) is 4.07. The molecule has 2 atom stereocenters. The van der Waals surface area contributed by atoms with E-state index in [4.69, 9.17) is 0 Å². The number of ether oxygens (including phenoxy) is 1. The van der Waals surface area contributed by atoms with Crippen LogP contribution in [0.3, 0.4) is 0 Å². The molecule has 4 heteroatoms. The number of hydrogen-bond acceptors (Lipinski definition) is 4. The lowest BCUT2D eigenvalue weighted by Gasteiger charge is -2.25. The van der Waals surface area contributed by atoms with Crippen LogP contribution in [0.15, 0.2) is 0 Å². The number of aliphatic hydroxyl groups is 1. The van der Waals surface area contributed by atoms with E-state index in [1.807, 2.05) is 6.92 Å². The highest BCUT2D eigenvalue weighted by Gasteiger charge is 2.31. The van der Waals surface area contributed by atoms with Crippen LogP contribution >= 0.6 is 0 Å². The number of hydrogen-bond donors (Lipinski definition) is 2. The molecule has 84 valence electrons. The van der Waals surface area contributed by atoms with Gasteiger partial charge < -0.3 is 15.2 Å². The molecule has 4 nitrogen and oxygen atoms in total. The monoisotopic (exact) mass is 203 g/mol. The predicted molar refractivity (Wildman–Crippen MR) is 54.9 cm³/mol. The SMILES string of the molecule is COC(=O)C(C)(O)CNC(C)C(C)C. The fourth-order valence-electron chi connectivity index (χ4n) is 0.887. The zero-order valence-corrected chi connectivity index (χ0v) is 9.63. The van der Waals surface area contributed by atoms with Crippen LogP contribution < -0.4 is 5.32 Å². The Bertz CT molecular complexity index is 190. The van der Waals surface area contributed by atoms with E-state index < -0.39 is 11.6 Å². The molecule has 0 saturated heterocycles. The Labute approximate surface area is 85.6 Å². The molecule has 0 radical (unpaired) electrons. The van der Waals surface area contributed by atoms with Crippen molar-refractivity contribution < 1.29 is 14.6 Å². The third-order valence-corrected chi connectivity index (χ3v) is 2.39. The molecule has 2 N–H and O–H groups in total. The molecule has 0 aliphatic carbocycles. The maximum absolute atomic E-state index is 11.1. The summed E-state index contributed by atoms with van der Waals surface area (Å²) in [7, 11) is 1.27. The van der Waals surface area contributed by atoms with Gasteiger partial charge in [0, 0.05) is 12.6 Å². The second-order valence-corrected chi connectivity index (χ2v) is 4.18. The molecule has 0 saturated carbocycles.